The minimum absolute atomic E-state index is 0.0150. The second-order valence-electron chi connectivity index (χ2n) is 11.1. The Kier molecular flexibility index (Phi) is 5.20. The Labute approximate surface area is 205 Å². The van der Waals surface area contributed by atoms with Crippen molar-refractivity contribution in [3.63, 3.8) is 0 Å². The smallest absolute Gasteiger partial charge is 0.0528 e. The molecule has 0 radical (unpaired) electrons. The summed E-state index contributed by atoms with van der Waals surface area (Å²) in [6, 6.07) is 31.1. The molecule has 0 aromatic heterocycles. The Balaban J connectivity index is 1.82. The maximum absolute atomic E-state index is 2.58. The molecule has 4 aromatic carbocycles. The van der Waals surface area contributed by atoms with Gasteiger partial charge in [0.15, 0.2) is 0 Å². The van der Waals surface area contributed by atoms with Crippen LogP contribution in [0.5, 0.6) is 0 Å². The van der Waals surface area contributed by atoms with E-state index in [9.17, 15) is 0 Å². The van der Waals surface area contributed by atoms with Gasteiger partial charge in [-0.15, -0.1) is 0 Å². The number of rotatable bonds is 3. The molecule has 1 aliphatic rings. The van der Waals surface area contributed by atoms with Crippen LogP contribution in [0.3, 0.4) is 0 Å². The van der Waals surface area contributed by atoms with Crippen molar-refractivity contribution in [2.24, 2.45) is 0 Å². The number of hydrogen-bond donors (Lipinski definition) is 0. The van der Waals surface area contributed by atoms with Gasteiger partial charge in [0.05, 0.1) is 5.69 Å². The summed E-state index contributed by atoms with van der Waals surface area (Å²) in [6.45, 7) is 16.2. The van der Waals surface area contributed by atoms with E-state index in [1.807, 2.05) is 0 Å². The van der Waals surface area contributed by atoms with Crippen LogP contribution in [-0.2, 0) is 5.41 Å². The van der Waals surface area contributed by atoms with Gasteiger partial charge in [-0.2, -0.15) is 0 Å². The van der Waals surface area contributed by atoms with Crippen molar-refractivity contribution >= 4 is 11.4 Å². The first-order valence-electron chi connectivity index (χ1n) is 12.3. The number of aryl methyl sites for hydroxylation is 1. The molecule has 4 aromatic rings. The van der Waals surface area contributed by atoms with Crippen LogP contribution in [0, 0.1) is 13.8 Å². The summed E-state index contributed by atoms with van der Waals surface area (Å²) in [7, 11) is 0. The zero-order chi connectivity index (χ0) is 24.3. The Morgan fingerprint density at radius 3 is 2.00 bits per heavy atom. The van der Waals surface area contributed by atoms with E-state index < -0.39 is 0 Å². The Hall–Kier alpha value is -3.32. The SMILES string of the molecule is Cc1ccc2c(c1N(c1cccc(-c3ccccc3)c1C)C(C)(C)C)-c1ccccc1C2(C)C. The first-order valence-corrected chi connectivity index (χ1v) is 12.3. The minimum atomic E-state index is -0.109. The van der Waals surface area contributed by atoms with Crippen molar-refractivity contribution < 1.29 is 0 Å². The van der Waals surface area contributed by atoms with Crippen molar-refractivity contribution in [2.45, 2.75) is 59.4 Å². The average molecular weight is 446 g/mol. The van der Waals surface area contributed by atoms with E-state index in [1.54, 1.807) is 0 Å². The third-order valence-corrected chi connectivity index (χ3v) is 7.45. The van der Waals surface area contributed by atoms with Crippen molar-refractivity contribution in [3.05, 3.63) is 107 Å². The zero-order valence-electron chi connectivity index (χ0n) is 21.5. The van der Waals surface area contributed by atoms with E-state index in [0.29, 0.717) is 0 Å². The van der Waals surface area contributed by atoms with Crippen LogP contribution in [0.1, 0.15) is 56.9 Å². The van der Waals surface area contributed by atoms with E-state index in [1.165, 1.54) is 55.9 Å². The van der Waals surface area contributed by atoms with Gasteiger partial charge in [0, 0.05) is 22.2 Å². The van der Waals surface area contributed by atoms with Crippen molar-refractivity contribution in [1.29, 1.82) is 0 Å². The maximum atomic E-state index is 2.58. The van der Waals surface area contributed by atoms with E-state index in [-0.39, 0.29) is 11.0 Å². The molecule has 0 fully saturated rings. The van der Waals surface area contributed by atoms with Crippen LogP contribution < -0.4 is 4.90 Å². The lowest BCUT2D eigenvalue weighted by Crippen LogP contribution is -2.39. The molecule has 0 unspecified atom stereocenters. The van der Waals surface area contributed by atoms with Gasteiger partial charge in [-0.3, -0.25) is 0 Å². The predicted molar refractivity (Wildman–Crippen MR) is 147 cm³/mol. The maximum Gasteiger partial charge on any atom is 0.0528 e. The lowest BCUT2D eigenvalue weighted by molar-refractivity contribution is 0.558. The lowest BCUT2D eigenvalue weighted by Gasteiger charge is -2.41. The molecule has 0 spiro atoms. The second-order valence-corrected chi connectivity index (χ2v) is 11.1. The van der Waals surface area contributed by atoms with Crippen LogP contribution in [0.25, 0.3) is 22.3 Å². The normalized spacial score (nSPS) is 14.0. The molecule has 34 heavy (non-hydrogen) atoms. The molecule has 5 rings (SSSR count). The van der Waals surface area contributed by atoms with Gasteiger partial charge >= 0.3 is 0 Å². The molecule has 1 nitrogen and oxygen atoms in total. The van der Waals surface area contributed by atoms with E-state index in [2.05, 4.69) is 138 Å². The van der Waals surface area contributed by atoms with Gasteiger partial charge < -0.3 is 4.90 Å². The van der Waals surface area contributed by atoms with Crippen LogP contribution in [0.2, 0.25) is 0 Å². The Morgan fingerprint density at radius 1 is 0.647 bits per heavy atom. The molecule has 0 heterocycles. The predicted octanol–water partition coefficient (Wildman–Crippen LogP) is 9.21. The highest BCUT2D eigenvalue weighted by Gasteiger charge is 2.39. The second kappa shape index (κ2) is 7.87. The molecular weight excluding hydrogens is 410 g/mol. The van der Waals surface area contributed by atoms with E-state index in [0.717, 1.165) is 0 Å². The summed E-state index contributed by atoms with van der Waals surface area (Å²) < 4.78 is 0. The average Bonchev–Trinajstić information content (AvgIpc) is 3.03. The Bertz CT molecular complexity index is 1370. The molecule has 0 amide bonds. The van der Waals surface area contributed by atoms with E-state index >= 15 is 0 Å². The number of anilines is 2. The van der Waals surface area contributed by atoms with Crippen LogP contribution >= 0.6 is 0 Å². The zero-order valence-corrected chi connectivity index (χ0v) is 21.5. The third kappa shape index (κ3) is 3.38. The number of fused-ring (bicyclic) bond motifs is 3. The summed E-state index contributed by atoms with van der Waals surface area (Å²) in [5.41, 5.74) is 13.2. The number of nitrogens with zero attached hydrogens (tertiary/aromatic N) is 1. The van der Waals surface area contributed by atoms with Crippen LogP contribution in [0.4, 0.5) is 11.4 Å². The topological polar surface area (TPSA) is 3.24 Å². The van der Waals surface area contributed by atoms with Crippen molar-refractivity contribution in [2.75, 3.05) is 4.90 Å². The highest BCUT2D eigenvalue weighted by atomic mass is 15.2. The van der Waals surface area contributed by atoms with Crippen molar-refractivity contribution in [1.82, 2.24) is 0 Å². The summed E-state index contributed by atoms with van der Waals surface area (Å²) in [5, 5.41) is 0. The first kappa shape index (κ1) is 22.5. The van der Waals surface area contributed by atoms with Crippen LogP contribution in [-0.4, -0.2) is 5.54 Å². The monoisotopic (exact) mass is 445 g/mol. The molecule has 1 heteroatoms. The van der Waals surface area contributed by atoms with Crippen LogP contribution in [0.15, 0.2) is 84.9 Å². The van der Waals surface area contributed by atoms with Gasteiger partial charge in [-0.1, -0.05) is 92.7 Å². The van der Waals surface area contributed by atoms with Gasteiger partial charge in [-0.05, 0) is 79.6 Å². The fourth-order valence-electron chi connectivity index (χ4n) is 5.78. The summed E-state index contributed by atoms with van der Waals surface area (Å²) >= 11 is 0. The first-order chi connectivity index (χ1) is 16.1. The van der Waals surface area contributed by atoms with Crippen molar-refractivity contribution in [3.8, 4) is 22.3 Å². The van der Waals surface area contributed by atoms with Gasteiger partial charge in [-0.25, -0.2) is 0 Å². The highest BCUT2D eigenvalue weighted by molar-refractivity contribution is 5.94. The fraction of sp³-hybridized carbons (Fsp3) is 0.273. The molecule has 0 aliphatic heterocycles. The summed E-state index contributed by atoms with van der Waals surface area (Å²) in [5.74, 6) is 0. The quantitative estimate of drug-likeness (QED) is 0.304. The third-order valence-electron chi connectivity index (χ3n) is 7.45. The minimum Gasteiger partial charge on any atom is -0.335 e. The highest BCUT2D eigenvalue weighted by Crippen LogP contribution is 2.55. The molecule has 0 bridgehead atoms. The Morgan fingerprint density at radius 2 is 1.29 bits per heavy atom. The van der Waals surface area contributed by atoms with Gasteiger partial charge in [0.25, 0.3) is 0 Å². The number of hydrogen-bond acceptors (Lipinski definition) is 1. The summed E-state index contributed by atoms with van der Waals surface area (Å²) in [4.78, 5) is 2.58. The summed E-state index contributed by atoms with van der Waals surface area (Å²) in [6.07, 6.45) is 0. The fourth-order valence-corrected chi connectivity index (χ4v) is 5.78. The largest absolute Gasteiger partial charge is 0.335 e. The molecule has 172 valence electrons. The standard InChI is InChI=1S/C33H35N/c1-22-20-21-28-30(26-16-11-12-18-27(26)33(28,6)7)31(22)34(32(3,4)5)29-19-13-17-25(23(29)2)24-14-9-8-10-15-24/h8-21H,1-7H3. The van der Waals surface area contributed by atoms with Gasteiger partial charge in [0.1, 0.15) is 0 Å². The van der Waals surface area contributed by atoms with E-state index in [4.69, 9.17) is 0 Å². The molecule has 1 aliphatic carbocycles. The molecule has 0 N–H and O–H groups in total. The number of benzene rings is 4. The molecule has 0 saturated heterocycles. The molecular formula is C33H35N. The molecule has 0 saturated carbocycles. The van der Waals surface area contributed by atoms with Gasteiger partial charge in [0.2, 0.25) is 0 Å². The molecule has 0 atom stereocenters. The lowest BCUT2D eigenvalue weighted by atomic mass is 9.82.